The van der Waals surface area contributed by atoms with Crippen LogP contribution in [0.15, 0.2) is 47.6 Å². The van der Waals surface area contributed by atoms with Crippen molar-refractivity contribution in [3.8, 4) is 0 Å². The van der Waals surface area contributed by atoms with E-state index in [9.17, 15) is 0 Å². The van der Waals surface area contributed by atoms with E-state index in [1.165, 1.54) is 49.0 Å². The quantitative estimate of drug-likeness (QED) is 0.300. The predicted molar refractivity (Wildman–Crippen MR) is 152 cm³/mol. The van der Waals surface area contributed by atoms with Crippen molar-refractivity contribution < 1.29 is 0 Å². The van der Waals surface area contributed by atoms with Gasteiger partial charge in [-0.05, 0) is 50.2 Å². The lowest BCUT2D eigenvalue weighted by molar-refractivity contribution is 0.221. The van der Waals surface area contributed by atoms with Crippen molar-refractivity contribution in [1.82, 2.24) is 25.4 Å². The van der Waals surface area contributed by atoms with Gasteiger partial charge in [0.05, 0.1) is 0 Å². The Morgan fingerprint density at radius 1 is 0.882 bits per heavy atom. The molecule has 34 heavy (non-hydrogen) atoms. The molecule has 0 radical (unpaired) electrons. The van der Waals surface area contributed by atoms with Gasteiger partial charge in [-0.25, -0.2) is 4.98 Å². The molecule has 2 saturated heterocycles. The van der Waals surface area contributed by atoms with E-state index in [0.717, 1.165) is 51.0 Å². The molecule has 0 amide bonds. The molecule has 1 aromatic carbocycles. The zero-order valence-corrected chi connectivity index (χ0v) is 23.0. The second kappa shape index (κ2) is 13.8. The minimum Gasteiger partial charge on any atom is -0.354 e. The Morgan fingerprint density at radius 3 is 2.26 bits per heavy atom. The van der Waals surface area contributed by atoms with Gasteiger partial charge in [-0.2, -0.15) is 0 Å². The van der Waals surface area contributed by atoms with Crippen LogP contribution in [0, 0.1) is 0 Å². The van der Waals surface area contributed by atoms with Gasteiger partial charge < -0.3 is 20.4 Å². The first kappa shape index (κ1) is 26.7. The number of nitrogens with one attached hydrogen (secondary N) is 2. The number of guanidine groups is 1. The van der Waals surface area contributed by atoms with Crippen LogP contribution in [0.5, 0.6) is 0 Å². The Balaban J connectivity index is 0.00000324. The Morgan fingerprint density at radius 2 is 1.56 bits per heavy atom. The topological polar surface area (TPSA) is 59.0 Å². The van der Waals surface area contributed by atoms with Crippen LogP contribution in [0.1, 0.15) is 36.0 Å². The van der Waals surface area contributed by atoms with E-state index in [1.807, 2.05) is 19.3 Å². The average Bonchev–Trinajstić information content (AvgIpc) is 2.86. The van der Waals surface area contributed by atoms with Crippen LogP contribution in [0.2, 0.25) is 0 Å². The summed E-state index contributed by atoms with van der Waals surface area (Å²) in [5.41, 5.74) is 3.86. The highest BCUT2D eigenvalue weighted by Gasteiger charge is 2.18. The maximum atomic E-state index is 4.68. The highest BCUT2D eigenvalue weighted by Crippen LogP contribution is 2.18. The van der Waals surface area contributed by atoms with Gasteiger partial charge >= 0.3 is 0 Å². The van der Waals surface area contributed by atoms with Crippen LogP contribution in [-0.4, -0.2) is 74.1 Å². The smallest absolute Gasteiger partial charge is 0.191 e. The summed E-state index contributed by atoms with van der Waals surface area (Å²) >= 11 is 0. The number of benzene rings is 1. The van der Waals surface area contributed by atoms with Crippen LogP contribution in [-0.2, 0) is 19.6 Å². The molecule has 2 N–H and O–H groups in total. The van der Waals surface area contributed by atoms with Gasteiger partial charge in [0.2, 0.25) is 0 Å². The minimum atomic E-state index is 0. The maximum absolute atomic E-state index is 4.68. The van der Waals surface area contributed by atoms with E-state index in [1.54, 1.807) is 0 Å². The van der Waals surface area contributed by atoms with Gasteiger partial charge in [-0.15, -0.1) is 24.0 Å². The monoisotopic (exact) mass is 577 g/mol. The van der Waals surface area contributed by atoms with Crippen LogP contribution >= 0.6 is 24.0 Å². The molecule has 2 fully saturated rings. The average molecular weight is 578 g/mol. The number of halogens is 1. The van der Waals surface area contributed by atoms with Crippen LogP contribution < -0.4 is 15.5 Å². The Labute approximate surface area is 222 Å². The second-order valence-electron chi connectivity index (χ2n) is 9.21. The van der Waals surface area contributed by atoms with Gasteiger partial charge in [-0.1, -0.05) is 36.8 Å². The van der Waals surface area contributed by atoms with E-state index in [-0.39, 0.29) is 24.0 Å². The molecule has 186 valence electrons. The van der Waals surface area contributed by atoms with E-state index in [2.05, 4.69) is 72.7 Å². The summed E-state index contributed by atoms with van der Waals surface area (Å²) in [5.74, 6) is 1.89. The Kier molecular flexibility index (Phi) is 10.9. The van der Waals surface area contributed by atoms with Gasteiger partial charge in [-0.3, -0.25) is 9.89 Å². The Bertz CT molecular complexity index is 888. The Hall–Kier alpha value is -1.91. The fraction of sp³-hybridized carbons (Fsp3) is 0.538. The summed E-state index contributed by atoms with van der Waals surface area (Å²) in [6.45, 7) is 9.16. The number of piperazine rings is 1. The molecule has 2 aliphatic rings. The fourth-order valence-electron chi connectivity index (χ4n) is 4.59. The molecule has 8 heteroatoms. The number of hydrogen-bond donors (Lipinski definition) is 2. The molecular weight excluding hydrogens is 537 g/mol. The minimum absolute atomic E-state index is 0. The standard InChI is InChI=1S/C26H39N7.HI/c1-27-26(29-19-22-8-10-23(11-9-22)21-32-13-4-3-5-14-32)30-20-24-7-6-12-28-25(24)33-17-15-31(2)16-18-33;/h6-12H,3-5,13-21H2,1-2H3,(H2,27,29,30);1H. The lowest BCUT2D eigenvalue weighted by atomic mass is 10.1. The lowest BCUT2D eigenvalue weighted by Gasteiger charge is -2.34. The number of rotatable bonds is 7. The van der Waals surface area contributed by atoms with Gasteiger partial charge in [0.15, 0.2) is 5.96 Å². The highest BCUT2D eigenvalue weighted by molar-refractivity contribution is 14.0. The maximum Gasteiger partial charge on any atom is 0.191 e. The number of piperidine rings is 1. The molecule has 0 atom stereocenters. The van der Waals surface area contributed by atoms with Crippen molar-refractivity contribution in [3.05, 3.63) is 59.3 Å². The molecular formula is C26H40IN7. The van der Waals surface area contributed by atoms with Crippen molar-refractivity contribution in [3.63, 3.8) is 0 Å². The molecule has 0 spiro atoms. The van der Waals surface area contributed by atoms with Crippen LogP contribution in [0.4, 0.5) is 5.82 Å². The molecule has 2 aliphatic heterocycles. The summed E-state index contributed by atoms with van der Waals surface area (Å²) in [6, 6.07) is 13.2. The van der Waals surface area contributed by atoms with Crippen molar-refractivity contribution in [1.29, 1.82) is 0 Å². The number of hydrogen-bond acceptors (Lipinski definition) is 5. The summed E-state index contributed by atoms with van der Waals surface area (Å²) < 4.78 is 0. The molecule has 4 rings (SSSR count). The molecule has 2 aromatic rings. The number of nitrogens with zero attached hydrogens (tertiary/aromatic N) is 5. The van der Waals surface area contributed by atoms with E-state index in [4.69, 9.17) is 0 Å². The molecule has 0 aliphatic carbocycles. The van der Waals surface area contributed by atoms with Gasteiger partial charge in [0.1, 0.15) is 5.82 Å². The molecule has 1 aromatic heterocycles. The number of likely N-dealkylation sites (N-methyl/N-ethyl adjacent to an activating group) is 1. The SMILES string of the molecule is CN=C(NCc1ccc(CN2CCCCC2)cc1)NCc1cccnc1N1CCN(C)CC1.I. The molecule has 3 heterocycles. The predicted octanol–water partition coefficient (Wildman–Crippen LogP) is 3.30. The summed E-state index contributed by atoms with van der Waals surface area (Å²) in [7, 11) is 4.00. The van der Waals surface area contributed by atoms with Crippen molar-refractivity contribution in [2.75, 3.05) is 58.3 Å². The second-order valence-corrected chi connectivity index (χ2v) is 9.21. The fourth-order valence-corrected chi connectivity index (χ4v) is 4.59. The van der Waals surface area contributed by atoms with E-state index >= 15 is 0 Å². The van der Waals surface area contributed by atoms with E-state index in [0.29, 0.717) is 6.54 Å². The van der Waals surface area contributed by atoms with Crippen molar-refractivity contribution in [2.24, 2.45) is 4.99 Å². The first-order valence-corrected chi connectivity index (χ1v) is 12.3. The van der Waals surface area contributed by atoms with Gasteiger partial charge in [0, 0.05) is 64.6 Å². The summed E-state index contributed by atoms with van der Waals surface area (Å²) in [4.78, 5) is 16.4. The lowest BCUT2D eigenvalue weighted by Crippen LogP contribution is -2.45. The number of pyridine rings is 1. The summed E-state index contributed by atoms with van der Waals surface area (Å²) in [5, 5.41) is 6.91. The highest BCUT2D eigenvalue weighted by atomic mass is 127. The van der Waals surface area contributed by atoms with Crippen molar-refractivity contribution >= 4 is 35.8 Å². The van der Waals surface area contributed by atoms with Crippen molar-refractivity contribution in [2.45, 2.75) is 38.9 Å². The number of likely N-dealkylation sites (tertiary alicyclic amines) is 1. The largest absolute Gasteiger partial charge is 0.354 e. The van der Waals surface area contributed by atoms with Crippen LogP contribution in [0.25, 0.3) is 0 Å². The molecule has 7 nitrogen and oxygen atoms in total. The number of aliphatic imine (C=N–C) groups is 1. The zero-order chi connectivity index (χ0) is 22.9. The normalized spacial score (nSPS) is 17.8. The summed E-state index contributed by atoms with van der Waals surface area (Å²) in [6.07, 6.45) is 5.95. The molecule has 0 saturated carbocycles. The van der Waals surface area contributed by atoms with E-state index < -0.39 is 0 Å². The first-order valence-electron chi connectivity index (χ1n) is 12.3. The number of anilines is 1. The third-order valence-electron chi connectivity index (χ3n) is 6.68. The first-order chi connectivity index (χ1) is 16.2. The van der Waals surface area contributed by atoms with Crippen LogP contribution in [0.3, 0.4) is 0 Å². The molecule has 0 unspecified atom stereocenters. The third-order valence-corrected chi connectivity index (χ3v) is 6.68. The zero-order valence-electron chi connectivity index (χ0n) is 20.7. The molecule has 0 bridgehead atoms. The van der Waals surface area contributed by atoms with Gasteiger partial charge in [0.25, 0.3) is 0 Å². The number of aromatic nitrogens is 1. The third kappa shape index (κ3) is 7.81.